The Morgan fingerprint density at radius 1 is 0.971 bits per heavy atom. The van der Waals surface area contributed by atoms with Gasteiger partial charge in [-0.2, -0.15) is 0 Å². The topological polar surface area (TPSA) is 76.2 Å². The number of benzene rings is 2. The van der Waals surface area contributed by atoms with E-state index in [4.69, 9.17) is 10.7 Å². The fraction of sp³-hybridized carbons (Fsp3) is 0.517. The van der Waals surface area contributed by atoms with Crippen molar-refractivity contribution >= 4 is 22.9 Å². The number of hydrogen-bond acceptors (Lipinski definition) is 4. The average molecular weight is 474 g/mol. The number of likely N-dealkylation sites (tertiary alicyclic amines) is 1. The monoisotopic (exact) mass is 473 g/mol. The van der Waals surface area contributed by atoms with E-state index in [2.05, 4.69) is 51.2 Å². The summed E-state index contributed by atoms with van der Waals surface area (Å²) in [7, 11) is 0. The number of fused-ring (bicyclic) bond motifs is 1. The Kier molecular flexibility index (Phi) is 6.69. The van der Waals surface area contributed by atoms with Crippen molar-refractivity contribution in [2.24, 2.45) is 5.73 Å². The molecule has 1 aliphatic carbocycles. The summed E-state index contributed by atoms with van der Waals surface area (Å²) in [6, 6.07) is 19.6. The Labute approximate surface area is 208 Å². The maximum Gasteiger partial charge on any atom is 0.246 e. The van der Waals surface area contributed by atoms with E-state index in [0.29, 0.717) is 5.95 Å². The SMILES string of the molecule is CC(C)(N)C(=O)Nc1nc2ccccc2n1C1CCN(C2(c3ccccc3)CCCCCC2)CC1. The number of carbonyl (C=O) groups is 1. The largest absolute Gasteiger partial charge is 0.318 e. The van der Waals surface area contributed by atoms with E-state index in [1.165, 1.54) is 44.1 Å². The van der Waals surface area contributed by atoms with Crippen LogP contribution < -0.4 is 11.1 Å². The standard InChI is InChI=1S/C29H39N5O/c1-28(2,30)26(35)32-27-31-24-14-8-9-15-25(24)34(27)23-16-20-33(21-17-23)29(18-10-3-4-11-19-29)22-12-6-5-7-13-22/h5-9,12-15,23H,3-4,10-11,16-21,30H2,1-2H3,(H,31,32,35). The number of piperidine rings is 1. The summed E-state index contributed by atoms with van der Waals surface area (Å²) in [6.45, 7) is 5.54. The third-order valence-electron chi connectivity index (χ3n) is 8.08. The summed E-state index contributed by atoms with van der Waals surface area (Å²) in [5, 5.41) is 3.03. The van der Waals surface area contributed by atoms with Gasteiger partial charge in [-0.1, -0.05) is 68.1 Å². The molecular formula is C29H39N5O. The molecule has 2 heterocycles. The van der Waals surface area contributed by atoms with Crippen molar-refractivity contribution in [3.63, 3.8) is 0 Å². The second-order valence-electron chi connectivity index (χ2n) is 11.0. The third-order valence-corrected chi connectivity index (χ3v) is 8.08. The first-order chi connectivity index (χ1) is 16.9. The summed E-state index contributed by atoms with van der Waals surface area (Å²) in [6.07, 6.45) is 9.82. The van der Waals surface area contributed by atoms with E-state index in [9.17, 15) is 4.79 Å². The zero-order chi connectivity index (χ0) is 24.5. The third kappa shape index (κ3) is 4.74. The number of nitrogens with two attached hydrogens (primary N) is 1. The minimum Gasteiger partial charge on any atom is -0.318 e. The van der Waals surface area contributed by atoms with Crippen molar-refractivity contribution in [1.29, 1.82) is 0 Å². The highest BCUT2D eigenvalue weighted by Gasteiger charge is 2.40. The summed E-state index contributed by atoms with van der Waals surface area (Å²) in [4.78, 5) is 20.3. The number of imidazole rings is 1. The predicted molar refractivity (Wildman–Crippen MR) is 142 cm³/mol. The number of nitrogens with one attached hydrogen (secondary N) is 1. The van der Waals surface area contributed by atoms with Crippen LogP contribution in [0.2, 0.25) is 0 Å². The Morgan fingerprint density at radius 2 is 1.60 bits per heavy atom. The van der Waals surface area contributed by atoms with Crippen molar-refractivity contribution in [1.82, 2.24) is 14.5 Å². The highest BCUT2D eigenvalue weighted by molar-refractivity contribution is 5.97. The lowest BCUT2D eigenvalue weighted by atomic mass is 9.79. The number of para-hydroxylation sites is 2. The molecule has 6 nitrogen and oxygen atoms in total. The van der Waals surface area contributed by atoms with Gasteiger partial charge in [0.05, 0.1) is 16.6 Å². The van der Waals surface area contributed by atoms with Gasteiger partial charge in [0.1, 0.15) is 0 Å². The van der Waals surface area contributed by atoms with Crippen LogP contribution in [0.3, 0.4) is 0 Å². The van der Waals surface area contributed by atoms with Gasteiger partial charge in [0, 0.05) is 24.7 Å². The Bertz CT molecular complexity index is 1150. The molecule has 0 unspecified atom stereocenters. The molecular weight excluding hydrogens is 434 g/mol. The number of nitrogens with zero attached hydrogens (tertiary/aromatic N) is 3. The minimum atomic E-state index is -0.964. The molecule has 1 amide bonds. The lowest BCUT2D eigenvalue weighted by Crippen LogP contribution is -2.50. The van der Waals surface area contributed by atoms with Crippen molar-refractivity contribution in [3.8, 4) is 0 Å². The summed E-state index contributed by atoms with van der Waals surface area (Å²) in [5.74, 6) is 0.397. The van der Waals surface area contributed by atoms with Crippen LogP contribution in [0, 0.1) is 0 Å². The summed E-state index contributed by atoms with van der Waals surface area (Å²) in [5.41, 5.74) is 8.71. The molecule has 2 aromatic carbocycles. The Balaban J connectivity index is 1.42. The number of anilines is 1. The van der Waals surface area contributed by atoms with Gasteiger partial charge in [-0.05, 0) is 57.2 Å². The maximum atomic E-state index is 12.7. The van der Waals surface area contributed by atoms with Crippen molar-refractivity contribution in [2.45, 2.75) is 82.3 Å². The van der Waals surface area contributed by atoms with Gasteiger partial charge in [-0.3, -0.25) is 15.0 Å². The molecule has 0 spiro atoms. The molecule has 2 aliphatic rings. The van der Waals surface area contributed by atoms with Gasteiger partial charge in [0.2, 0.25) is 11.9 Å². The number of amides is 1. The molecule has 1 aliphatic heterocycles. The van der Waals surface area contributed by atoms with Crippen LogP contribution in [-0.4, -0.2) is 39.0 Å². The van der Waals surface area contributed by atoms with E-state index in [0.717, 1.165) is 37.0 Å². The van der Waals surface area contributed by atoms with Crippen LogP contribution in [0.15, 0.2) is 54.6 Å². The molecule has 6 heteroatoms. The maximum absolute atomic E-state index is 12.7. The van der Waals surface area contributed by atoms with Crippen LogP contribution in [0.4, 0.5) is 5.95 Å². The highest BCUT2D eigenvalue weighted by atomic mass is 16.2. The van der Waals surface area contributed by atoms with Gasteiger partial charge in [-0.25, -0.2) is 4.98 Å². The molecule has 2 fully saturated rings. The van der Waals surface area contributed by atoms with Gasteiger partial charge >= 0.3 is 0 Å². The van der Waals surface area contributed by atoms with Crippen LogP contribution in [0.1, 0.15) is 76.8 Å². The predicted octanol–water partition coefficient (Wildman–Crippen LogP) is 5.60. The molecule has 5 rings (SSSR count). The van der Waals surface area contributed by atoms with E-state index in [-0.39, 0.29) is 17.5 Å². The van der Waals surface area contributed by atoms with Crippen LogP contribution >= 0.6 is 0 Å². The molecule has 35 heavy (non-hydrogen) atoms. The molecule has 1 saturated carbocycles. The first kappa shape index (κ1) is 24.0. The van der Waals surface area contributed by atoms with E-state index < -0.39 is 5.54 Å². The Morgan fingerprint density at radius 3 is 2.26 bits per heavy atom. The van der Waals surface area contributed by atoms with Crippen molar-refractivity contribution < 1.29 is 4.79 Å². The van der Waals surface area contributed by atoms with Crippen LogP contribution in [-0.2, 0) is 10.3 Å². The number of hydrogen-bond donors (Lipinski definition) is 2. The Hall–Kier alpha value is -2.70. The second-order valence-corrected chi connectivity index (χ2v) is 11.0. The smallest absolute Gasteiger partial charge is 0.246 e. The van der Waals surface area contributed by atoms with Gasteiger partial charge in [-0.15, -0.1) is 0 Å². The van der Waals surface area contributed by atoms with Gasteiger partial charge in [0.25, 0.3) is 0 Å². The molecule has 186 valence electrons. The van der Waals surface area contributed by atoms with Crippen LogP contribution in [0.5, 0.6) is 0 Å². The fourth-order valence-corrected chi connectivity index (χ4v) is 6.17. The fourth-order valence-electron chi connectivity index (χ4n) is 6.17. The minimum absolute atomic E-state index is 0.139. The molecule has 3 N–H and O–H groups in total. The lowest BCUT2D eigenvalue weighted by molar-refractivity contribution is -0.120. The molecule has 3 aromatic rings. The van der Waals surface area contributed by atoms with Gasteiger partial charge in [0.15, 0.2) is 0 Å². The lowest BCUT2D eigenvalue weighted by Gasteiger charge is -2.48. The number of aromatic nitrogens is 2. The van der Waals surface area contributed by atoms with Gasteiger partial charge < -0.3 is 10.3 Å². The summed E-state index contributed by atoms with van der Waals surface area (Å²) >= 11 is 0. The van der Waals surface area contributed by atoms with E-state index >= 15 is 0 Å². The quantitative estimate of drug-likeness (QED) is 0.473. The highest BCUT2D eigenvalue weighted by Crippen LogP contribution is 2.44. The zero-order valence-electron chi connectivity index (χ0n) is 21.2. The van der Waals surface area contributed by atoms with Crippen molar-refractivity contribution in [3.05, 3.63) is 60.2 Å². The molecule has 0 bridgehead atoms. The van der Waals surface area contributed by atoms with E-state index in [1.54, 1.807) is 13.8 Å². The second kappa shape index (κ2) is 9.75. The average Bonchev–Trinajstić information content (AvgIpc) is 3.04. The number of rotatable bonds is 5. The first-order valence-corrected chi connectivity index (χ1v) is 13.3. The van der Waals surface area contributed by atoms with E-state index in [1.807, 2.05) is 18.2 Å². The summed E-state index contributed by atoms with van der Waals surface area (Å²) < 4.78 is 2.25. The molecule has 1 saturated heterocycles. The van der Waals surface area contributed by atoms with Crippen LogP contribution in [0.25, 0.3) is 11.0 Å². The molecule has 1 aromatic heterocycles. The normalized spacial score (nSPS) is 20.0. The first-order valence-electron chi connectivity index (χ1n) is 13.3. The number of carbonyl (C=O) groups excluding carboxylic acids is 1. The molecule has 0 radical (unpaired) electrons. The zero-order valence-corrected chi connectivity index (χ0v) is 21.2. The van der Waals surface area contributed by atoms with Crippen molar-refractivity contribution in [2.75, 3.05) is 18.4 Å². The molecule has 0 atom stereocenters.